The number of ether oxygens (including phenoxy) is 1. The molecule has 15 heavy (non-hydrogen) atoms. The van der Waals surface area contributed by atoms with Crippen molar-refractivity contribution in [1.82, 2.24) is 15.3 Å². The largest absolute Gasteiger partial charge is 0.476 e. The number of hydrogen-bond donors (Lipinski definition) is 1. The Morgan fingerprint density at radius 3 is 2.87 bits per heavy atom. The van der Waals surface area contributed by atoms with Crippen LogP contribution in [0.4, 0.5) is 0 Å². The second-order valence-corrected chi connectivity index (χ2v) is 3.64. The average molecular weight is 209 g/mol. The van der Waals surface area contributed by atoms with Crippen molar-refractivity contribution in [2.75, 3.05) is 19.7 Å². The van der Waals surface area contributed by atoms with Gasteiger partial charge < -0.3 is 10.1 Å². The van der Waals surface area contributed by atoms with Crippen LogP contribution in [0.3, 0.4) is 0 Å². The second-order valence-electron chi connectivity index (χ2n) is 3.64. The van der Waals surface area contributed by atoms with Crippen LogP contribution in [0, 0.1) is 0 Å². The van der Waals surface area contributed by atoms with Crippen LogP contribution < -0.4 is 10.1 Å². The van der Waals surface area contributed by atoms with Gasteiger partial charge in [0.1, 0.15) is 12.9 Å². The quantitative estimate of drug-likeness (QED) is 0.723. The zero-order chi connectivity index (χ0) is 11.1. The Bertz CT molecular complexity index is 289. The van der Waals surface area contributed by atoms with Crippen molar-refractivity contribution < 1.29 is 4.74 Å². The maximum absolute atomic E-state index is 5.49. The average Bonchev–Trinajstić information content (AvgIpc) is 2.25. The highest BCUT2D eigenvalue weighted by atomic mass is 16.5. The highest BCUT2D eigenvalue weighted by Gasteiger charge is 2.03. The molecule has 0 saturated carbocycles. The summed E-state index contributed by atoms with van der Waals surface area (Å²) in [6.45, 7) is 8.72. The summed E-state index contributed by atoms with van der Waals surface area (Å²) in [7, 11) is 0. The van der Waals surface area contributed by atoms with E-state index in [2.05, 4.69) is 36.1 Å². The van der Waals surface area contributed by atoms with Crippen molar-refractivity contribution in [2.45, 2.75) is 26.7 Å². The Hall–Kier alpha value is -1.16. The number of rotatable bonds is 6. The summed E-state index contributed by atoms with van der Waals surface area (Å²) in [6, 6.07) is 1.90. The van der Waals surface area contributed by atoms with Crippen molar-refractivity contribution in [3.63, 3.8) is 0 Å². The van der Waals surface area contributed by atoms with Gasteiger partial charge in [0, 0.05) is 12.6 Å². The van der Waals surface area contributed by atoms with Crippen LogP contribution in [0.25, 0.3) is 0 Å². The monoisotopic (exact) mass is 209 g/mol. The number of nitrogens with one attached hydrogen (secondary N) is 1. The fourth-order valence-electron chi connectivity index (χ4n) is 1.15. The van der Waals surface area contributed by atoms with Gasteiger partial charge in [-0.05, 0) is 12.5 Å². The summed E-state index contributed by atoms with van der Waals surface area (Å²) in [5, 5.41) is 3.19. The van der Waals surface area contributed by atoms with Crippen LogP contribution >= 0.6 is 0 Å². The van der Waals surface area contributed by atoms with E-state index in [4.69, 9.17) is 4.74 Å². The van der Waals surface area contributed by atoms with Gasteiger partial charge in [-0.15, -0.1) is 0 Å². The fourth-order valence-corrected chi connectivity index (χ4v) is 1.15. The standard InChI is InChI=1S/C11H19N3O/c1-4-12-5-6-15-11-7-10(9(2)3)13-8-14-11/h7-9,12H,4-6H2,1-3H3. The lowest BCUT2D eigenvalue weighted by Gasteiger charge is -2.08. The first kappa shape index (κ1) is 11.9. The van der Waals surface area contributed by atoms with E-state index in [1.54, 1.807) is 6.33 Å². The molecule has 4 nitrogen and oxygen atoms in total. The van der Waals surface area contributed by atoms with Gasteiger partial charge in [0.25, 0.3) is 0 Å². The SMILES string of the molecule is CCNCCOc1cc(C(C)C)ncn1. The van der Waals surface area contributed by atoms with E-state index in [1.807, 2.05) is 6.07 Å². The molecule has 4 heteroatoms. The summed E-state index contributed by atoms with van der Waals surface area (Å²) in [5.41, 5.74) is 1.02. The molecular weight excluding hydrogens is 190 g/mol. The summed E-state index contributed by atoms with van der Waals surface area (Å²) in [5.74, 6) is 1.07. The molecular formula is C11H19N3O. The molecule has 0 saturated heterocycles. The third-order valence-corrected chi connectivity index (χ3v) is 2.03. The van der Waals surface area contributed by atoms with Crippen LogP contribution in [0.1, 0.15) is 32.4 Å². The highest BCUT2D eigenvalue weighted by molar-refractivity contribution is 5.15. The Morgan fingerprint density at radius 2 is 2.20 bits per heavy atom. The Balaban J connectivity index is 2.43. The normalized spacial score (nSPS) is 10.7. The van der Waals surface area contributed by atoms with Crippen LogP contribution in [-0.2, 0) is 0 Å². The van der Waals surface area contributed by atoms with Gasteiger partial charge in [-0.3, -0.25) is 0 Å². The minimum atomic E-state index is 0.407. The minimum absolute atomic E-state index is 0.407. The van der Waals surface area contributed by atoms with Gasteiger partial charge in [0.15, 0.2) is 0 Å². The van der Waals surface area contributed by atoms with Crippen molar-refractivity contribution in [2.24, 2.45) is 0 Å². The molecule has 1 N–H and O–H groups in total. The predicted molar refractivity (Wildman–Crippen MR) is 60.2 cm³/mol. The molecule has 0 unspecified atom stereocenters. The van der Waals surface area contributed by atoms with Crippen molar-refractivity contribution in [3.8, 4) is 5.88 Å². The van der Waals surface area contributed by atoms with E-state index in [0.717, 1.165) is 18.8 Å². The second kappa shape index (κ2) is 6.35. The molecule has 0 spiro atoms. The molecule has 0 radical (unpaired) electrons. The number of hydrogen-bond acceptors (Lipinski definition) is 4. The molecule has 1 rings (SSSR count). The first-order valence-electron chi connectivity index (χ1n) is 5.39. The first-order valence-corrected chi connectivity index (χ1v) is 5.39. The number of aromatic nitrogens is 2. The van der Waals surface area contributed by atoms with Gasteiger partial charge in [0.2, 0.25) is 5.88 Å². The van der Waals surface area contributed by atoms with E-state index in [1.165, 1.54) is 0 Å². The van der Waals surface area contributed by atoms with Gasteiger partial charge >= 0.3 is 0 Å². The Labute approximate surface area is 91.1 Å². The third-order valence-electron chi connectivity index (χ3n) is 2.03. The lowest BCUT2D eigenvalue weighted by Crippen LogP contribution is -2.20. The fraction of sp³-hybridized carbons (Fsp3) is 0.636. The maximum atomic E-state index is 5.49. The van der Waals surface area contributed by atoms with E-state index in [0.29, 0.717) is 18.4 Å². The Kier molecular flexibility index (Phi) is 5.04. The summed E-state index contributed by atoms with van der Waals surface area (Å²) < 4.78 is 5.49. The number of nitrogens with zero attached hydrogens (tertiary/aromatic N) is 2. The molecule has 0 aliphatic heterocycles. The molecule has 1 aromatic heterocycles. The summed E-state index contributed by atoms with van der Waals surface area (Å²) in [6.07, 6.45) is 1.55. The zero-order valence-corrected chi connectivity index (χ0v) is 9.66. The lowest BCUT2D eigenvalue weighted by molar-refractivity contribution is 0.302. The topological polar surface area (TPSA) is 47.0 Å². The van der Waals surface area contributed by atoms with Crippen LogP contribution in [0.15, 0.2) is 12.4 Å². The lowest BCUT2D eigenvalue weighted by atomic mass is 10.1. The third kappa shape index (κ3) is 4.25. The molecule has 84 valence electrons. The molecule has 0 aromatic carbocycles. The van der Waals surface area contributed by atoms with E-state index in [-0.39, 0.29) is 0 Å². The zero-order valence-electron chi connectivity index (χ0n) is 9.66. The Morgan fingerprint density at radius 1 is 1.40 bits per heavy atom. The molecule has 0 amide bonds. The first-order chi connectivity index (χ1) is 7.24. The maximum Gasteiger partial charge on any atom is 0.216 e. The summed E-state index contributed by atoms with van der Waals surface area (Å²) in [4.78, 5) is 8.23. The van der Waals surface area contributed by atoms with Crippen LogP contribution in [0.2, 0.25) is 0 Å². The smallest absolute Gasteiger partial charge is 0.216 e. The van der Waals surface area contributed by atoms with Gasteiger partial charge in [-0.1, -0.05) is 20.8 Å². The molecule has 0 aliphatic carbocycles. The minimum Gasteiger partial charge on any atom is -0.476 e. The van der Waals surface area contributed by atoms with Crippen LogP contribution in [0.5, 0.6) is 5.88 Å². The predicted octanol–water partition coefficient (Wildman–Crippen LogP) is 1.59. The van der Waals surface area contributed by atoms with Gasteiger partial charge in [0.05, 0.1) is 5.69 Å². The van der Waals surface area contributed by atoms with Crippen molar-refractivity contribution in [1.29, 1.82) is 0 Å². The molecule has 1 aromatic rings. The van der Waals surface area contributed by atoms with E-state index >= 15 is 0 Å². The van der Waals surface area contributed by atoms with Gasteiger partial charge in [-0.2, -0.15) is 0 Å². The highest BCUT2D eigenvalue weighted by Crippen LogP contribution is 2.14. The number of likely N-dealkylation sites (N-methyl/N-ethyl adjacent to an activating group) is 1. The molecule has 0 bridgehead atoms. The molecule has 0 atom stereocenters. The van der Waals surface area contributed by atoms with E-state index in [9.17, 15) is 0 Å². The van der Waals surface area contributed by atoms with E-state index < -0.39 is 0 Å². The molecule has 0 aliphatic rings. The molecule has 1 heterocycles. The van der Waals surface area contributed by atoms with Crippen LogP contribution in [-0.4, -0.2) is 29.7 Å². The van der Waals surface area contributed by atoms with Crippen molar-refractivity contribution in [3.05, 3.63) is 18.1 Å². The van der Waals surface area contributed by atoms with Gasteiger partial charge in [-0.25, -0.2) is 9.97 Å². The molecule has 0 fully saturated rings. The van der Waals surface area contributed by atoms with Crippen molar-refractivity contribution >= 4 is 0 Å². The summed E-state index contributed by atoms with van der Waals surface area (Å²) >= 11 is 0.